The summed E-state index contributed by atoms with van der Waals surface area (Å²) in [7, 11) is 3.35. The normalized spacial score (nSPS) is 16.1. The van der Waals surface area contributed by atoms with Crippen molar-refractivity contribution >= 4 is 0 Å². The monoisotopic (exact) mass is 192 g/mol. The molecule has 0 amide bonds. The van der Waals surface area contributed by atoms with Crippen LogP contribution in [0.2, 0.25) is 0 Å². The maximum atomic E-state index is 5.27. The zero-order valence-corrected chi connectivity index (χ0v) is 8.75. The van der Waals surface area contributed by atoms with Crippen molar-refractivity contribution in [2.24, 2.45) is 0 Å². The summed E-state index contributed by atoms with van der Waals surface area (Å²) in [5.74, 6) is 2.40. The van der Waals surface area contributed by atoms with E-state index < -0.39 is 0 Å². The third-order valence-electron chi connectivity index (χ3n) is 2.98. The summed E-state index contributed by atoms with van der Waals surface area (Å²) in [6.07, 6.45) is 3.99. The fraction of sp³-hybridized carbons (Fsp3) is 0.500. The predicted molar refractivity (Wildman–Crippen MR) is 56.1 cm³/mol. The van der Waals surface area contributed by atoms with Gasteiger partial charge in [0.1, 0.15) is 0 Å². The summed E-state index contributed by atoms with van der Waals surface area (Å²) in [6, 6.07) is 6.24. The Balaban J connectivity index is 2.26. The summed E-state index contributed by atoms with van der Waals surface area (Å²) in [4.78, 5) is 0. The van der Waals surface area contributed by atoms with Crippen molar-refractivity contribution in [3.8, 4) is 11.5 Å². The highest BCUT2D eigenvalue weighted by molar-refractivity contribution is 5.44. The Hall–Kier alpha value is -1.18. The predicted octanol–water partition coefficient (Wildman–Crippen LogP) is 2.97. The Morgan fingerprint density at radius 3 is 2.29 bits per heavy atom. The van der Waals surface area contributed by atoms with Gasteiger partial charge in [0.2, 0.25) is 0 Å². The molecule has 0 N–H and O–H groups in total. The van der Waals surface area contributed by atoms with E-state index in [1.54, 1.807) is 14.2 Å². The lowest BCUT2D eigenvalue weighted by Gasteiger charge is -2.26. The highest BCUT2D eigenvalue weighted by atomic mass is 16.5. The van der Waals surface area contributed by atoms with Gasteiger partial charge in [0.05, 0.1) is 14.2 Å². The Bertz CT molecular complexity index is 316. The molecule has 2 rings (SSSR count). The van der Waals surface area contributed by atoms with E-state index in [9.17, 15) is 0 Å². The molecule has 2 nitrogen and oxygen atoms in total. The number of methoxy groups -OCH3 is 2. The van der Waals surface area contributed by atoms with Gasteiger partial charge in [0.25, 0.3) is 0 Å². The minimum atomic E-state index is 0.745. The van der Waals surface area contributed by atoms with Crippen LogP contribution < -0.4 is 9.47 Å². The van der Waals surface area contributed by atoms with Gasteiger partial charge in [-0.2, -0.15) is 0 Å². The molecule has 0 aliphatic heterocycles. The summed E-state index contributed by atoms with van der Waals surface area (Å²) >= 11 is 0. The maximum absolute atomic E-state index is 5.27. The molecule has 2 heteroatoms. The molecule has 1 aromatic rings. The first kappa shape index (κ1) is 9.38. The molecule has 0 aromatic heterocycles. The van der Waals surface area contributed by atoms with Crippen LogP contribution in [-0.2, 0) is 0 Å². The molecule has 76 valence electrons. The van der Waals surface area contributed by atoms with Crippen molar-refractivity contribution in [3.05, 3.63) is 23.8 Å². The molecule has 1 aromatic carbocycles. The minimum Gasteiger partial charge on any atom is -0.493 e. The van der Waals surface area contributed by atoms with E-state index in [4.69, 9.17) is 9.47 Å². The van der Waals surface area contributed by atoms with E-state index >= 15 is 0 Å². The average molecular weight is 192 g/mol. The number of hydrogen-bond donors (Lipinski definition) is 0. The van der Waals surface area contributed by atoms with Gasteiger partial charge >= 0.3 is 0 Å². The Labute approximate surface area is 84.8 Å². The van der Waals surface area contributed by atoms with Crippen LogP contribution in [0.25, 0.3) is 0 Å². The van der Waals surface area contributed by atoms with E-state index in [0.29, 0.717) is 0 Å². The Kier molecular flexibility index (Phi) is 2.62. The highest BCUT2D eigenvalue weighted by Crippen LogP contribution is 2.39. The number of benzene rings is 1. The van der Waals surface area contributed by atoms with Gasteiger partial charge in [-0.05, 0) is 36.5 Å². The summed E-state index contributed by atoms with van der Waals surface area (Å²) in [6.45, 7) is 0. The van der Waals surface area contributed by atoms with Crippen LogP contribution in [0.4, 0.5) is 0 Å². The van der Waals surface area contributed by atoms with Crippen LogP contribution in [0.3, 0.4) is 0 Å². The molecule has 0 unspecified atom stereocenters. The van der Waals surface area contributed by atoms with Gasteiger partial charge in [-0.15, -0.1) is 0 Å². The molecule has 0 atom stereocenters. The Morgan fingerprint density at radius 1 is 1.07 bits per heavy atom. The molecule has 14 heavy (non-hydrogen) atoms. The van der Waals surface area contributed by atoms with Crippen molar-refractivity contribution in [3.63, 3.8) is 0 Å². The van der Waals surface area contributed by atoms with Gasteiger partial charge < -0.3 is 9.47 Å². The molecule has 1 saturated carbocycles. The first-order valence-corrected chi connectivity index (χ1v) is 5.07. The molecule has 0 radical (unpaired) electrons. The second-order valence-corrected chi connectivity index (χ2v) is 3.74. The molecule has 1 aliphatic rings. The van der Waals surface area contributed by atoms with Gasteiger partial charge in [-0.3, -0.25) is 0 Å². The fourth-order valence-corrected chi connectivity index (χ4v) is 1.85. The number of hydrogen-bond acceptors (Lipinski definition) is 2. The summed E-state index contributed by atoms with van der Waals surface area (Å²) in [5.41, 5.74) is 1.38. The van der Waals surface area contributed by atoms with Gasteiger partial charge in [-0.25, -0.2) is 0 Å². The molecule has 1 fully saturated rings. The van der Waals surface area contributed by atoms with Crippen molar-refractivity contribution in [1.82, 2.24) is 0 Å². The topological polar surface area (TPSA) is 18.5 Å². The third kappa shape index (κ3) is 1.57. The standard InChI is InChI=1S/C12H16O2/c1-13-11-7-6-10(8-12(11)14-2)9-4-3-5-9/h6-9H,3-5H2,1-2H3. The molecule has 0 bridgehead atoms. The number of ether oxygens (including phenoxy) is 2. The fourth-order valence-electron chi connectivity index (χ4n) is 1.85. The van der Waals surface area contributed by atoms with E-state index in [0.717, 1.165) is 17.4 Å². The molecule has 1 aliphatic carbocycles. The van der Waals surface area contributed by atoms with Gasteiger partial charge in [0, 0.05) is 0 Å². The van der Waals surface area contributed by atoms with Crippen molar-refractivity contribution < 1.29 is 9.47 Å². The molecule has 0 saturated heterocycles. The lowest BCUT2D eigenvalue weighted by atomic mass is 9.80. The van der Waals surface area contributed by atoms with Crippen molar-refractivity contribution in [2.75, 3.05) is 14.2 Å². The third-order valence-corrected chi connectivity index (χ3v) is 2.98. The Morgan fingerprint density at radius 2 is 1.79 bits per heavy atom. The smallest absolute Gasteiger partial charge is 0.160 e. The molecule has 0 spiro atoms. The SMILES string of the molecule is COc1ccc(C2CCC2)cc1OC. The first-order valence-electron chi connectivity index (χ1n) is 5.07. The lowest BCUT2D eigenvalue weighted by molar-refractivity contribution is 0.352. The molecule has 0 heterocycles. The van der Waals surface area contributed by atoms with E-state index in [1.165, 1.54) is 24.8 Å². The van der Waals surface area contributed by atoms with Crippen LogP contribution in [0.1, 0.15) is 30.7 Å². The zero-order valence-electron chi connectivity index (χ0n) is 8.75. The summed E-state index contributed by atoms with van der Waals surface area (Å²) < 4.78 is 10.5. The van der Waals surface area contributed by atoms with Crippen LogP contribution in [0.15, 0.2) is 18.2 Å². The highest BCUT2D eigenvalue weighted by Gasteiger charge is 2.20. The summed E-state index contributed by atoms with van der Waals surface area (Å²) in [5, 5.41) is 0. The van der Waals surface area contributed by atoms with E-state index in [1.807, 2.05) is 6.07 Å². The second-order valence-electron chi connectivity index (χ2n) is 3.74. The van der Waals surface area contributed by atoms with Crippen LogP contribution >= 0.6 is 0 Å². The largest absolute Gasteiger partial charge is 0.493 e. The van der Waals surface area contributed by atoms with Crippen LogP contribution in [-0.4, -0.2) is 14.2 Å². The maximum Gasteiger partial charge on any atom is 0.160 e. The van der Waals surface area contributed by atoms with E-state index in [2.05, 4.69) is 12.1 Å². The second kappa shape index (κ2) is 3.91. The molecular formula is C12H16O2. The average Bonchev–Trinajstić information content (AvgIpc) is 2.15. The first-order chi connectivity index (χ1) is 6.85. The van der Waals surface area contributed by atoms with Gasteiger partial charge in [-0.1, -0.05) is 12.5 Å². The molecular weight excluding hydrogens is 176 g/mol. The number of rotatable bonds is 3. The minimum absolute atomic E-state index is 0.745. The van der Waals surface area contributed by atoms with Crippen molar-refractivity contribution in [2.45, 2.75) is 25.2 Å². The quantitative estimate of drug-likeness (QED) is 0.733. The van der Waals surface area contributed by atoms with E-state index in [-0.39, 0.29) is 0 Å². The van der Waals surface area contributed by atoms with Crippen molar-refractivity contribution in [1.29, 1.82) is 0 Å². The van der Waals surface area contributed by atoms with Crippen LogP contribution in [0.5, 0.6) is 11.5 Å². The zero-order chi connectivity index (χ0) is 9.97. The van der Waals surface area contributed by atoms with Gasteiger partial charge in [0.15, 0.2) is 11.5 Å². The lowest BCUT2D eigenvalue weighted by Crippen LogP contribution is -2.08. The van der Waals surface area contributed by atoms with Crippen LogP contribution in [0, 0.1) is 0 Å².